The van der Waals surface area contributed by atoms with Crippen LogP contribution in [0.1, 0.15) is 47.5 Å². The van der Waals surface area contributed by atoms with Crippen molar-refractivity contribution in [3.05, 3.63) is 141 Å². The molecule has 0 spiro atoms. The minimum absolute atomic E-state index is 0. The summed E-state index contributed by atoms with van der Waals surface area (Å²) in [5.41, 5.74) is 4.40. The van der Waals surface area contributed by atoms with Gasteiger partial charge in [-0.2, -0.15) is 0 Å². The molecule has 0 aliphatic heterocycles. The van der Waals surface area contributed by atoms with Gasteiger partial charge in [-0.25, -0.2) is 0 Å². The standard InChI is InChI=1S/2C21H23NO3S.Co/c2*1-4-25-21(20(23)24,17-8-6-5-7-9-17)14-22-16(3)10-11-18(22)19-12-15(2)13-26-19;/h2*5-13H,4,14H2,1-3H3,(H,23,24);/q;;+2/p-2. The first-order valence-electron chi connectivity index (χ1n) is 17.2. The van der Waals surface area contributed by atoms with Crippen molar-refractivity contribution in [2.45, 2.75) is 65.8 Å². The summed E-state index contributed by atoms with van der Waals surface area (Å²) in [5, 5.41) is 28.7. The molecule has 0 aliphatic carbocycles. The zero-order chi connectivity index (χ0) is 37.5. The van der Waals surface area contributed by atoms with Crippen molar-refractivity contribution in [3.63, 3.8) is 0 Å². The molecule has 4 heterocycles. The van der Waals surface area contributed by atoms with Crippen molar-refractivity contribution in [1.29, 1.82) is 0 Å². The summed E-state index contributed by atoms with van der Waals surface area (Å²) < 4.78 is 15.7. The molecule has 0 bridgehead atoms. The molecule has 53 heavy (non-hydrogen) atoms. The van der Waals surface area contributed by atoms with Crippen LogP contribution in [-0.4, -0.2) is 34.3 Å². The quantitative estimate of drug-likeness (QED) is 0.117. The molecule has 2 atom stereocenters. The Morgan fingerprint density at radius 1 is 0.604 bits per heavy atom. The van der Waals surface area contributed by atoms with Crippen molar-refractivity contribution < 1.29 is 46.1 Å². The van der Waals surface area contributed by atoms with E-state index >= 15 is 0 Å². The molecule has 2 unspecified atom stereocenters. The molecule has 0 amide bonds. The molecular weight excluding hydrogens is 752 g/mol. The Balaban J connectivity index is 0.000000232. The molecule has 0 N–H and O–H groups in total. The summed E-state index contributed by atoms with van der Waals surface area (Å²) >= 11 is 3.30. The summed E-state index contributed by atoms with van der Waals surface area (Å²) in [6.07, 6.45) is 0. The van der Waals surface area contributed by atoms with E-state index in [1.165, 1.54) is 11.1 Å². The normalized spacial score (nSPS) is 13.2. The largest absolute Gasteiger partial charge is 2.00 e. The van der Waals surface area contributed by atoms with Gasteiger partial charge in [-0.3, -0.25) is 0 Å². The third-order valence-corrected chi connectivity index (χ3v) is 11.2. The smallest absolute Gasteiger partial charge is 0.547 e. The molecule has 6 aromatic rings. The number of aryl methyl sites for hydroxylation is 4. The second-order valence-electron chi connectivity index (χ2n) is 12.7. The summed E-state index contributed by atoms with van der Waals surface area (Å²) in [6, 6.07) is 30.4. The number of ether oxygens (including phenoxy) is 2. The van der Waals surface area contributed by atoms with E-state index in [1.54, 1.807) is 60.8 Å². The summed E-state index contributed by atoms with van der Waals surface area (Å²) in [6.45, 7) is 12.5. The van der Waals surface area contributed by atoms with E-state index < -0.39 is 23.1 Å². The number of rotatable bonds is 14. The molecule has 0 saturated carbocycles. The number of benzene rings is 2. The summed E-state index contributed by atoms with van der Waals surface area (Å²) in [4.78, 5) is 26.7. The Kier molecular flexibility index (Phi) is 14.3. The van der Waals surface area contributed by atoms with Crippen molar-refractivity contribution in [2.24, 2.45) is 0 Å². The van der Waals surface area contributed by atoms with Gasteiger partial charge in [0, 0.05) is 24.6 Å². The minimum atomic E-state index is -1.54. The SMILES string of the molecule is CCOC(Cn1c(C)ccc1-c1cc(C)cs1)(C(=O)[O-])c1ccccc1.CCOC(Cn1c(C)ccc1-c1cc(C)cs1)(C(=O)[O-])c1ccccc1.[Co+2]. The fourth-order valence-corrected chi connectivity index (χ4v) is 8.26. The maximum atomic E-state index is 12.3. The van der Waals surface area contributed by atoms with E-state index in [9.17, 15) is 19.8 Å². The number of hydrogen-bond acceptors (Lipinski definition) is 8. The summed E-state index contributed by atoms with van der Waals surface area (Å²) in [7, 11) is 0. The van der Waals surface area contributed by atoms with Gasteiger partial charge in [0.25, 0.3) is 0 Å². The van der Waals surface area contributed by atoms with E-state index in [1.807, 2.05) is 83.6 Å². The second-order valence-corrected chi connectivity index (χ2v) is 14.5. The van der Waals surface area contributed by atoms with Gasteiger partial charge in [0.1, 0.15) is 11.2 Å². The van der Waals surface area contributed by atoms with Crippen LogP contribution in [0.5, 0.6) is 0 Å². The van der Waals surface area contributed by atoms with Crippen LogP contribution >= 0.6 is 22.7 Å². The molecule has 6 rings (SSSR count). The van der Waals surface area contributed by atoms with Gasteiger partial charge in [0.05, 0.1) is 46.2 Å². The predicted molar refractivity (Wildman–Crippen MR) is 204 cm³/mol. The molecular formula is C42H44CoN2O6S2. The average Bonchev–Trinajstić information content (AvgIpc) is 3.93. The predicted octanol–water partition coefficient (Wildman–Crippen LogP) is 7.03. The van der Waals surface area contributed by atoms with Gasteiger partial charge in [0.2, 0.25) is 0 Å². The number of carboxylic acid groups (broad SMARTS) is 2. The van der Waals surface area contributed by atoms with Crippen molar-refractivity contribution >= 4 is 34.6 Å². The molecule has 1 radical (unpaired) electrons. The molecule has 279 valence electrons. The molecule has 2 aromatic carbocycles. The number of aromatic nitrogens is 2. The van der Waals surface area contributed by atoms with Crippen molar-refractivity contribution in [1.82, 2.24) is 9.13 Å². The monoisotopic (exact) mass is 795 g/mol. The molecule has 11 heteroatoms. The summed E-state index contributed by atoms with van der Waals surface area (Å²) in [5.74, 6) is -2.46. The fourth-order valence-electron chi connectivity index (χ4n) is 6.40. The molecule has 0 fully saturated rings. The van der Waals surface area contributed by atoms with Crippen LogP contribution in [0.15, 0.2) is 108 Å². The number of carbonyl (C=O) groups is 2. The average molecular weight is 796 g/mol. The maximum Gasteiger partial charge on any atom is 2.00 e. The number of aliphatic carboxylic acids is 2. The number of hydrogen-bond donors (Lipinski definition) is 0. The van der Waals surface area contributed by atoms with Crippen molar-refractivity contribution in [3.8, 4) is 21.1 Å². The van der Waals surface area contributed by atoms with Crippen LogP contribution in [-0.2, 0) is 60.1 Å². The first kappa shape index (κ1) is 41.5. The molecule has 4 aromatic heterocycles. The van der Waals surface area contributed by atoms with Gasteiger partial charge in [-0.1, -0.05) is 60.7 Å². The number of thiophene rings is 2. The third-order valence-electron chi connectivity index (χ3n) is 9.05. The Morgan fingerprint density at radius 2 is 0.962 bits per heavy atom. The van der Waals surface area contributed by atoms with E-state index in [-0.39, 0.29) is 43.1 Å². The maximum absolute atomic E-state index is 12.3. The first-order chi connectivity index (χ1) is 25.0. The molecule has 0 saturated heterocycles. The topological polar surface area (TPSA) is 109 Å². The van der Waals surface area contributed by atoms with Crippen LogP contribution in [0.2, 0.25) is 0 Å². The van der Waals surface area contributed by atoms with Crippen molar-refractivity contribution in [2.75, 3.05) is 13.2 Å². The Hall–Kier alpha value is -4.23. The number of carboxylic acids is 2. The first-order valence-corrected chi connectivity index (χ1v) is 19.0. The van der Waals surface area contributed by atoms with Gasteiger partial charge in [0.15, 0.2) is 0 Å². The Labute approximate surface area is 329 Å². The third kappa shape index (κ3) is 8.94. The van der Waals surface area contributed by atoms with Crippen LogP contribution in [0, 0.1) is 27.7 Å². The molecule has 0 aliphatic rings. The van der Waals surface area contributed by atoms with Crippen LogP contribution < -0.4 is 10.2 Å². The fraction of sp³-hybridized carbons (Fsp3) is 0.286. The Morgan fingerprint density at radius 3 is 1.25 bits per heavy atom. The number of nitrogens with zero attached hydrogens (tertiary/aromatic N) is 2. The van der Waals surface area contributed by atoms with Gasteiger partial charge < -0.3 is 38.4 Å². The number of carbonyl (C=O) groups excluding carboxylic acids is 2. The van der Waals surface area contributed by atoms with Gasteiger partial charge in [-0.05, 0) is 111 Å². The zero-order valence-corrected chi connectivity index (χ0v) is 33.4. The van der Waals surface area contributed by atoms with E-state index in [0.29, 0.717) is 11.1 Å². The van der Waals surface area contributed by atoms with E-state index in [0.717, 1.165) is 32.5 Å². The Bertz CT molecular complexity index is 1950. The van der Waals surface area contributed by atoms with Crippen LogP contribution in [0.25, 0.3) is 21.1 Å². The van der Waals surface area contributed by atoms with E-state index in [2.05, 4.69) is 36.7 Å². The van der Waals surface area contributed by atoms with Crippen LogP contribution in [0.3, 0.4) is 0 Å². The van der Waals surface area contributed by atoms with Crippen LogP contribution in [0.4, 0.5) is 0 Å². The molecule has 8 nitrogen and oxygen atoms in total. The second kappa shape index (κ2) is 18.2. The van der Waals surface area contributed by atoms with Gasteiger partial charge >= 0.3 is 16.8 Å². The van der Waals surface area contributed by atoms with Gasteiger partial charge in [-0.15, -0.1) is 22.7 Å². The minimum Gasteiger partial charge on any atom is -0.547 e. The van der Waals surface area contributed by atoms with E-state index in [4.69, 9.17) is 9.47 Å². The zero-order valence-electron chi connectivity index (χ0n) is 30.7.